The SMILES string of the molecule is CCC1CCCCC1(O)c1scnc1Br. The van der Waals surface area contributed by atoms with Crippen molar-refractivity contribution in [3.63, 3.8) is 0 Å². The van der Waals surface area contributed by atoms with Gasteiger partial charge in [0, 0.05) is 0 Å². The molecule has 1 fully saturated rings. The predicted molar refractivity (Wildman–Crippen MR) is 66.0 cm³/mol. The molecule has 2 unspecified atom stereocenters. The highest BCUT2D eigenvalue weighted by Crippen LogP contribution is 2.46. The molecule has 0 radical (unpaired) electrons. The average molecular weight is 290 g/mol. The van der Waals surface area contributed by atoms with Crippen LogP contribution in [0.15, 0.2) is 10.1 Å². The predicted octanol–water partition coefficient (Wildman–Crippen LogP) is 3.69. The molecule has 84 valence electrons. The lowest BCUT2D eigenvalue weighted by atomic mass is 9.73. The summed E-state index contributed by atoms with van der Waals surface area (Å²) < 4.78 is 0.829. The van der Waals surface area contributed by atoms with Crippen LogP contribution in [0.4, 0.5) is 0 Å². The van der Waals surface area contributed by atoms with Gasteiger partial charge in [0.15, 0.2) is 0 Å². The van der Waals surface area contributed by atoms with E-state index in [1.54, 1.807) is 16.8 Å². The molecule has 2 atom stereocenters. The van der Waals surface area contributed by atoms with Gasteiger partial charge in [0.05, 0.1) is 10.4 Å². The molecule has 0 aliphatic heterocycles. The Labute approximate surface area is 103 Å². The number of halogens is 1. The molecule has 4 heteroatoms. The number of hydrogen-bond donors (Lipinski definition) is 1. The van der Waals surface area contributed by atoms with Crippen LogP contribution in [0.1, 0.15) is 43.9 Å². The standard InChI is InChI=1S/C11H16BrNOS/c1-2-8-5-3-4-6-11(8,14)9-10(12)13-7-15-9/h7-8,14H,2-6H2,1H3. The van der Waals surface area contributed by atoms with Gasteiger partial charge in [0.2, 0.25) is 0 Å². The largest absolute Gasteiger partial charge is 0.384 e. The normalized spacial score (nSPS) is 31.8. The summed E-state index contributed by atoms with van der Waals surface area (Å²) in [7, 11) is 0. The maximum absolute atomic E-state index is 10.8. The minimum Gasteiger partial charge on any atom is -0.384 e. The van der Waals surface area contributed by atoms with Gasteiger partial charge < -0.3 is 5.11 Å². The zero-order valence-corrected chi connectivity index (χ0v) is 11.3. The molecule has 1 aromatic rings. The van der Waals surface area contributed by atoms with Crippen molar-refractivity contribution in [2.24, 2.45) is 5.92 Å². The summed E-state index contributed by atoms with van der Waals surface area (Å²) in [5.74, 6) is 0.392. The highest BCUT2D eigenvalue weighted by Gasteiger charge is 2.41. The van der Waals surface area contributed by atoms with Crippen molar-refractivity contribution in [3.8, 4) is 0 Å². The van der Waals surface area contributed by atoms with Gasteiger partial charge in [-0.1, -0.05) is 26.2 Å². The molecule has 1 aliphatic rings. The quantitative estimate of drug-likeness (QED) is 0.901. The maximum Gasteiger partial charge on any atom is 0.123 e. The lowest BCUT2D eigenvalue weighted by Crippen LogP contribution is -2.37. The van der Waals surface area contributed by atoms with Gasteiger partial charge in [-0.25, -0.2) is 4.98 Å². The highest BCUT2D eigenvalue weighted by atomic mass is 79.9. The molecule has 1 heterocycles. The molecular formula is C11H16BrNOS. The molecule has 15 heavy (non-hydrogen) atoms. The van der Waals surface area contributed by atoms with E-state index in [2.05, 4.69) is 27.8 Å². The Balaban J connectivity index is 2.34. The third-order valence-electron chi connectivity index (χ3n) is 3.45. The Kier molecular flexibility index (Phi) is 3.48. The van der Waals surface area contributed by atoms with Crippen LogP contribution in [-0.2, 0) is 5.60 Å². The Bertz CT molecular complexity index is 341. The van der Waals surface area contributed by atoms with E-state index in [4.69, 9.17) is 0 Å². The van der Waals surface area contributed by atoms with E-state index in [9.17, 15) is 5.11 Å². The first kappa shape index (κ1) is 11.6. The van der Waals surface area contributed by atoms with Gasteiger partial charge in [0.1, 0.15) is 10.2 Å². The van der Waals surface area contributed by atoms with Crippen molar-refractivity contribution in [1.29, 1.82) is 0 Å². The van der Waals surface area contributed by atoms with Crippen LogP contribution in [0.3, 0.4) is 0 Å². The molecule has 2 nitrogen and oxygen atoms in total. The number of aliphatic hydroxyl groups is 1. The molecule has 1 aromatic heterocycles. The average Bonchev–Trinajstić information content (AvgIpc) is 2.66. The first-order valence-electron chi connectivity index (χ1n) is 5.50. The van der Waals surface area contributed by atoms with E-state index < -0.39 is 5.60 Å². The van der Waals surface area contributed by atoms with E-state index in [0.29, 0.717) is 5.92 Å². The number of rotatable bonds is 2. The first-order chi connectivity index (χ1) is 7.18. The highest BCUT2D eigenvalue weighted by molar-refractivity contribution is 9.10. The molecule has 0 aromatic carbocycles. The van der Waals surface area contributed by atoms with Crippen LogP contribution < -0.4 is 0 Å². The van der Waals surface area contributed by atoms with E-state index in [-0.39, 0.29) is 0 Å². The minimum atomic E-state index is -0.632. The third-order valence-corrected chi connectivity index (χ3v) is 5.30. The van der Waals surface area contributed by atoms with Crippen molar-refractivity contribution in [2.75, 3.05) is 0 Å². The second-order valence-corrected chi connectivity index (χ2v) is 5.85. The fraction of sp³-hybridized carbons (Fsp3) is 0.727. The van der Waals surface area contributed by atoms with Crippen molar-refractivity contribution in [2.45, 2.75) is 44.6 Å². The Morgan fingerprint density at radius 3 is 3.07 bits per heavy atom. The van der Waals surface area contributed by atoms with E-state index in [0.717, 1.165) is 35.2 Å². The van der Waals surface area contributed by atoms with Crippen LogP contribution in [0, 0.1) is 5.92 Å². The fourth-order valence-corrected chi connectivity index (χ4v) is 4.33. The van der Waals surface area contributed by atoms with Crippen LogP contribution in [0.5, 0.6) is 0 Å². The van der Waals surface area contributed by atoms with Crippen molar-refractivity contribution in [3.05, 3.63) is 15.0 Å². The van der Waals surface area contributed by atoms with Gasteiger partial charge in [-0.2, -0.15) is 0 Å². The van der Waals surface area contributed by atoms with Gasteiger partial charge >= 0.3 is 0 Å². The van der Waals surface area contributed by atoms with Crippen LogP contribution in [-0.4, -0.2) is 10.1 Å². The van der Waals surface area contributed by atoms with Gasteiger partial charge in [-0.15, -0.1) is 11.3 Å². The van der Waals surface area contributed by atoms with Crippen molar-refractivity contribution >= 4 is 27.3 Å². The van der Waals surface area contributed by atoms with Crippen molar-refractivity contribution in [1.82, 2.24) is 4.98 Å². The monoisotopic (exact) mass is 289 g/mol. The summed E-state index contributed by atoms with van der Waals surface area (Å²) in [6.07, 6.45) is 5.43. The number of aromatic nitrogens is 1. The van der Waals surface area contributed by atoms with Gasteiger partial charge in [-0.05, 0) is 34.7 Å². The molecule has 1 saturated carbocycles. The number of thiazole rings is 1. The lowest BCUT2D eigenvalue weighted by molar-refractivity contribution is -0.0533. The maximum atomic E-state index is 10.8. The molecule has 0 saturated heterocycles. The smallest absolute Gasteiger partial charge is 0.123 e. The summed E-state index contributed by atoms with van der Waals surface area (Å²) in [5.41, 5.74) is 1.17. The van der Waals surface area contributed by atoms with Crippen LogP contribution in [0.25, 0.3) is 0 Å². The third kappa shape index (κ3) is 1.99. The number of nitrogens with zero attached hydrogens (tertiary/aromatic N) is 1. The fourth-order valence-electron chi connectivity index (χ4n) is 2.58. The van der Waals surface area contributed by atoms with E-state index >= 15 is 0 Å². The van der Waals surface area contributed by atoms with Crippen LogP contribution in [0.2, 0.25) is 0 Å². The Morgan fingerprint density at radius 2 is 2.47 bits per heavy atom. The zero-order chi connectivity index (χ0) is 10.9. The molecule has 0 bridgehead atoms. The first-order valence-corrected chi connectivity index (χ1v) is 7.17. The lowest BCUT2D eigenvalue weighted by Gasteiger charge is -2.39. The molecule has 2 rings (SSSR count). The van der Waals surface area contributed by atoms with Gasteiger partial charge in [0.25, 0.3) is 0 Å². The van der Waals surface area contributed by atoms with Crippen molar-refractivity contribution < 1.29 is 5.11 Å². The van der Waals surface area contributed by atoms with E-state index in [1.165, 1.54) is 6.42 Å². The summed E-state index contributed by atoms with van der Waals surface area (Å²) >= 11 is 5.00. The minimum absolute atomic E-state index is 0.392. The molecule has 1 N–H and O–H groups in total. The molecule has 0 spiro atoms. The van der Waals surface area contributed by atoms with E-state index in [1.807, 2.05) is 0 Å². The Morgan fingerprint density at radius 1 is 1.67 bits per heavy atom. The Hall–Kier alpha value is 0.0700. The molecule has 1 aliphatic carbocycles. The molecule has 0 amide bonds. The zero-order valence-electron chi connectivity index (χ0n) is 8.87. The second kappa shape index (κ2) is 4.52. The summed E-state index contributed by atoms with van der Waals surface area (Å²) in [6, 6.07) is 0. The summed E-state index contributed by atoms with van der Waals surface area (Å²) in [4.78, 5) is 5.20. The number of hydrogen-bond acceptors (Lipinski definition) is 3. The van der Waals surface area contributed by atoms with Gasteiger partial charge in [-0.3, -0.25) is 0 Å². The molecular weight excluding hydrogens is 274 g/mol. The second-order valence-electron chi connectivity index (χ2n) is 4.25. The summed E-state index contributed by atoms with van der Waals surface area (Å²) in [5, 5.41) is 10.8. The topological polar surface area (TPSA) is 33.1 Å². The van der Waals surface area contributed by atoms with Crippen LogP contribution >= 0.6 is 27.3 Å². The summed E-state index contributed by atoms with van der Waals surface area (Å²) in [6.45, 7) is 2.16.